The highest BCUT2D eigenvalue weighted by Gasteiger charge is 2.20. The number of ether oxygens (including phenoxy) is 3. The smallest absolute Gasteiger partial charge is 0.231 e. The molecule has 27 heavy (non-hydrogen) atoms. The maximum absolute atomic E-state index is 5.47. The summed E-state index contributed by atoms with van der Waals surface area (Å²) in [5, 5.41) is 3.25. The number of piperazine rings is 1. The Morgan fingerprint density at radius 2 is 1.93 bits per heavy atom. The van der Waals surface area contributed by atoms with Gasteiger partial charge in [-0.1, -0.05) is 6.07 Å². The van der Waals surface area contributed by atoms with Crippen LogP contribution in [0.25, 0.3) is 0 Å². The highest BCUT2D eigenvalue weighted by atomic mass is 16.7. The van der Waals surface area contributed by atoms with Crippen LogP contribution in [-0.4, -0.2) is 68.1 Å². The molecule has 0 unspecified atom stereocenters. The molecule has 3 heterocycles. The molecule has 0 atom stereocenters. The summed E-state index contributed by atoms with van der Waals surface area (Å²) in [7, 11) is 1.69. The number of fused-ring (bicyclic) bond motifs is 1. The van der Waals surface area contributed by atoms with Crippen molar-refractivity contribution in [1.29, 1.82) is 0 Å². The van der Waals surface area contributed by atoms with E-state index in [1.54, 1.807) is 13.4 Å². The van der Waals surface area contributed by atoms with Gasteiger partial charge in [0.1, 0.15) is 18.0 Å². The molecule has 0 amide bonds. The van der Waals surface area contributed by atoms with Crippen LogP contribution in [0.5, 0.6) is 11.5 Å². The molecular formula is C19H25N5O3. The first kappa shape index (κ1) is 17.8. The average molecular weight is 371 g/mol. The van der Waals surface area contributed by atoms with Crippen LogP contribution < -0.4 is 19.7 Å². The Kier molecular flexibility index (Phi) is 5.55. The predicted molar refractivity (Wildman–Crippen MR) is 102 cm³/mol. The fourth-order valence-electron chi connectivity index (χ4n) is 3.33. The van der Waals surface area contributed by atoms with E-state index in [1.165, 1.54) is 5.56 Å². The Balaban J connectivity index is 1.30. The summed E-state index contributed by atoms with van der Waals surface area (Å²) in [6, 6.07) is 8.19. The summed E-state index contributed by atoms with van der Waals surface area (Å²) in [6.45, 7) is 6.48. The van der Waals surface area contributed by atoms with Crippen molar-refractivity contribution in [2.45, 2.75) is 6.54 Å². The van der Waals surface area contributed by atoms with Crippen LogP contribution >= 0.6 is 0 Å². The van der Waals surface area contributed by atoms with Gasteiger partial charge in [-0.25, -0.2) is 9.97 Å². The fourth-order valence-corrected chi connectivity index (χ4v) is 3.33. The highest BCUT2D eigenvalue weighted by Crippen LogP contribution is 2.32. The first-order chi connectivity index (χ1) is 13.3. The van der Waals surface area contributed by atoms with Crippen LogP contribution in [0.4, 0.5) is 11.6 Å². The van der Waals surface area contributed by atoms with Crippen molar-refractivity contribution in [2.24, 2.45) is 0 Å². The fraction of sp³-hybridized carbons (Fsp3) is 0.474. The molecule has 0 spiro atoms. The van der Waals surface area contributed by atoms with Gasteiger partial charge < -0.3 is 24.4 Å². The summed E-state index contributed by atoms with van der Waals surface area (Å²) in [5.74, 6) is 3.48. The summed E-state index contributed by atoms with van der Waals surface area (Å²) < 4.78 is 15.9. The van der Waals surface area contributed by atoms with Gasteiger partial charge in [0.25, 0.3) is 0 Å². The van der Waals surface area contributed by atoms with E-state index in [0.29, 0.717) is 13.4 Å². The average Bonchev–Trinajstić information content (AvgIpc) is 3.17. The van der Waals surface area contributed by atoms with E-state index in [1.807, 2.05) is 12.1 Å². The van der Waals surface area contributed by atoms with Gasteiger partial charge in [-0.05, 0) is 17.7 Å². The van der Waals surface area contributed by atoms with Gasteiger partial charge in [0.05, 0.1) is 6.61 Å². The van der Waals surface area contributed by atoms with E-state index >= 15 is 0 Å². The van der Waals surface area contributed by atoms with Crippen LogP contribution in [-0.2, 0) is 11.3 Å². The molecule has 2 aliphatic heterocycles. The molecule has 0 radical (unpaired) electrons. The molecule has 1 aromatic heterocycles. The van der Waals surface area contributed by atoms with Gasteiger partial charge in [0, 0.05) is 52.4 Å². The molecular weight excluding hydrogens is 346 g/mol. The molecule has 2 aromatic rings. The van der Waals surface area contributed by atoms with Crippen molar-refractivity contribution >= 4 is 11.6 Å². The quantitative estimate of drug-likeness (QED) is 0.736. The van der Waals surface area contributed by atoms with Crippen LogP contribution in [0, 0.1) is 0 Å². The molecule has 1 N–H and O–H groups in total. The van der Waals surface area contributed by atoms with E-state index in [2.05, 4.69) is 37.2 Å². The maximum Gasteiger partial charge on any atom is 0.231 e. The SMILES string of the molecule is COCCNc1cc(N2CCN(Cc3ccc4c(c3)OCO4)CC2)ncn1. The van der Waals surface area contributed by atoms with Crippen molar-refractivity contribution in [3.8, 4) is 11.5 Å². The molecule has 1 saturated heterocycles. The van der Waals surface area contributed by atoms with Gasteiger partial charge in [0.2, 0.25) is 6.79 Å². The van der Waals surface area contributed by atoms with Crippen molar-refractivity contribution < 1.29 is 14.2 Å². The lowest BCUT2D eigenvalue weighted by Gasteiger charge is -2.35. The molecule has 0 bridgehead atoms. The lowest BCUT2D eigenvalue weighted by atomic mass is 10.1. The van der Waals surface area contributed by atoms with Crippen LogP contribution in [0.2, 0.25) is 0 Å². The molecule has 144 valence electrons. The number of hydrogen-bond acceptors (Lipinski definition) is 8. The zero-order valence-electron chi connectivity index (χ0n) is 15.6. The third kappa shape index (κ3) is 4.40. The van der Waals surface area contributed by atoms with Gasteiger partial charge in [-0.2, -0.15) is 0 Å². The lowest BCUT2D eigenvalue weighted by molar-refractivity contribution is 0.174. The van der Waals surface area contributed by atoms with Crippen LogP contribution in [0.1, 0.15) is 5.56 Å². The Morgan fingerprint density at radius 1 is 1.07 bits per heavy atom. The minimum absolute atomic E-state index is 0.318. The van der Waals surface area contributed by atoms with Crippen molar-refractivity contribution in [1.82, 2.24) is 14.9 Å². The molecule has 8 heteroatoms. The third-order valence-electron chi connectivity index (χ3n) is 4.80. The topological polar surface area (TPSA) is 72.0 Å². The molecule has 0 saturated carbocycles. The number of nitrogens with one attached hydrogen (secondary N) is 1. The number of anilines is 2. The predicted octanol–water partition coefficient (Wildman–Crippen LogP) is 1.59. The second kappa shape index (κ2) is 8.41. The summed E-state index contributed by atoms with van der Waals surface area (Å²) in [6.07, 6.45) is 1.61. The standard InChI is InChI=1S/C19H25N5O3/c1-25-9-4-20-18-11-19(22-13-21-18)24-7-5-23(6-8-24)12-15-2-3-16-17(10-15)27-14-26-16/h2-3,10-11,13H,4-9,12,14H2,1H3,(H,20,21,22). The van der Waals surface area contributed by atoms with Crippen molar-refractivity contribution in [3.05, 3.63) is 36.2 Å². The molecule has 1 fully saturated rings. The van der Waals surface area contributed by atoms with E-state index in [-0.39, 0.29) is 0 Å². The van der Waals surface area contributed by atoms with Gasteiger partial charge in [-0.3, -0.25) is 4.90 Å². The molecule has 0 aliphatic carbocycles. The van der Waals surface area contributed by atoms with Crippen molar-refractivity contribution in [3.63, 3.8) is 0 Å². The normalized spacial score (nSPS) is 16.6. The second-order valence-electron chi connectivity index (χ2n) is 6.63. The molecule has 1 aromatic carbocycles. The summed E-state index contributed by atoms with van der Waals surface area (Å²) >= 11 is 0. The number of methoxy groups -OCH3 is 1. The van der Waals surface area contributed by atoms with E-state index in [0.717, 1.165) is 62.4 Å². The van der Waals surface area contributed by atoms with Crippen LogP contribution in [0.3, 0.4) is 0 Å². The second-order valence-corrected chi connectivity index (χ2v) is 6.63. The number of aromatic nitrogens is 2. The van der Waals surface area contributed by atoms with Crippen LogP contribution in [0.15, 0.2) is 30.6 Å². The Bertz CT molecular complexity index is 765. The summed E-state index contributed by atoms with van der Waals surface area (Å²) in [4.78, 5) is 13.5. The Labute approximate surface area is 159 Å². The molecule has 4 rings (SSSR count). The summed E-state index contributed by atoms with van der Waals surface area (Å²) in [5.41, 5.74) is 1.25. The van der Waals surface area contributed by atoms with Gasteiger partial charge >= 0.3 is 0 Å². The Hall–Kier alpha value is -2.58. The van der Waals surface area contributed by atoms with E-state index < -0.39 is 0 Å². The third-order valence-corrected chi connectivity index (χ3v) is 4.80. The lowest BCUT2D eigenvalue weighted by Crippen LogP contribution is -2.46. The number of hydrogen-bond donors (Lipinski definition) is 1. The van der Waals surface area contributed by atoms with E-state index in [4.69, 9.17) is 14.2 Å². The van der Waals surface area contributed by atoms with E-state index in [9.17, 15) is 0 Å². The maximum atomic E-state index is 5.47. The highest BCUT2D eigenvalue weighted by molar-refractivity contribution is 5.49. The molecule has 2 aliphatic rings. The first-order valence-electron chi connectivity index (χ1n) is 9.22. The monoisotopic (exact) mass is 371 g/mol. The number of benzene rings is 1. The van der Waals surface area contributed by atoms with Crippen molar-refractivity contribution in [2.75, 3.05) is 63.5 Å². The first-order valence-corrected chi connectivity index (χ1v) is 9.22. The zero-order valence-corrected chi connectivity index (χ0v) is 15.6. The minimum Gasteiger partial charge on any atom is -0.454 e. The largest absolute Gasteiger partial charge is 0.454 e. The minimum atomic E-state index is 0.318. The molecule has 8 nitrogen and oxygen atoms in total. The number of nitrogens with zero attached hydrogens (tertiary/aromatic N) is 4. The Morgan fingerprint density at radius 3 is 2.78 bits per heavy atom. The van der Waals surface area contributed by atoms with Gasteiger partial charge in [-0.15, -0.1) is 0 Å². The zero-order chi connectivity index (χ0) is 18.5. The van der Waals surface area contributed by atoms with Gasteiger partial charge in [0.15, 0.2) is 11.5 Å². The number of rotatable bonds is 7.